The number of aromatic nitrogens is 4. The lowest BCUT2D eigenvalue weighted by Gasteiger charge is -1.95. The highest BCUT2D eigenvalue weighted by Crippen LogP contribution is 2.13. The molecule has 0 aliphatic carbocycles. The summed E-state index contributed by atoms with van der Waals surface area (Å²) in [4.78, 5) is 16.2. The maximum absolute atomic E-state index is 12.0. The lowest BCUT2D eigenvalue weighted by molar-refractivity contribution is 0.102. The number of ketones is 1. The van der Waals surface area contributed by atoms with E-state index >= 15 is 0 Å². The third-order valence-corrected chi connectivity index (χ3v) is 3.00. The van der Waals surface area contributed by atoms with E-state index < -0.39 is 0 Å². The first-order chi connectivity index (χ1) is 7.72. The minimum Gasteiger partial charge on any atom is -0.330 e. The van der Waals surface area contributed by atoms with Crippen LogP contribution in [0.15, 0.2) is 11.6 Å². The highest BCUT2D eigenvalue weighted by atomic mass is 32.1. The summed E-state index contributed by atoms with van der Waals surface area (Å²) in [5.74, 6) is -0.160. The summed E-state index contributed by atoms with van der Waals surface area (Å²) < 4.78 is 1.43. The molecular formula is C9H11N5OS. The van der Waals surface area contributed by atoms with E-state index in [2.05, 4.69) is 15.3 Å². The third-order valence-electron chi connectivity index (χ3n) is 2.09. The van der Waals surface area contributed by atoms with Gasteiger partial charge in [0.1, 0.15) is 11.4 Å². The van der Waals surface area contributed by atoms with Crippen molar-refractivity contribution in [3.05, 3.63) is 28.0 Å². The molecule has 0 fully saturated rings. The summed E-state index contributed by atoms with van der Waals surface area (Å²) in [6.07, 6.45) is 2.13. The normalized spacial score (nSPS) is 10.6. The molecule has 0 amide bonds. The molecule has 2 aromatic rings. The average Bonchev–Trinajstić information content (AvgIpc) is 2.87. The van der Waals surface area contributed by atoms with E-state index in [4.69, 9.17) is 5.73 Å². The van der Waals surface area contributed by atoms with Crippen LogP contribution < -0.4 is 5.73 Å². The SMILES string of the molecule is Cn1nncc1C(=O)c1csc(CCN)n1. The van der Waals surface area contributed by atoms with Crippen molar-refractivity contribution >= 4 is 17.1 Å². The zero-order valence-corrected chi connectivity index (χ0v) is 9.57. The Morgan fingerprint density at radius 1 is 1.62 bits per heavy atom. The fraction of sp³-hybridized carbons (Fsp3) is 0.333. The van der Waals surface area contributed by atoms with Crippen molar-refractivity contribution in [1.82, 2.24) is 20.0 Å². The molecule has 0 atom stereocenters. The summed E-state index contributed by atoms with van der Waals surface area (Å²) >= 11 is 1.44. The third kappa shape index (κ3) is 2.00. The highest BCUT2D eigenvalue weighted by Gasteiger charge is 2.16. The molecule has 2 heterocycles. The predicted molar refractivity (Wildman–Crippen MR) is 59.3 cm³/mol. The van der Waals surface area contributed by atoms with E-state index in [0.29, 0.717) is 24.4 Å². The van der Waals surface area contributed by atoms with Crippen LogP contribution in [-0.2, 0) is 13.5 Å². The molecule has 2 aromatic heterocycles. The zero-order valence-electron chi connectivity index (χ0n) is 8.75. The smallest absolute Gasteiger partial charge is 0.231 e. The van der Waals surface area contributed by atoms with Gasteiger partial charge in [-0.05, 0) is 6.54 Å². The van der Waals surface area contributed by atoms with Crippen LogP contribution in [0.2, 0.25) is 0 Å². The first-order valence-corrected chi connectivity index (χ1v) is 5.64. The van der Waals surface area contributed by atoms with Gasteiger partial charge in [0.15, 0.2) is 0 Å². The number of thiazole rings is 1. The lowest BCUT2D eigenvalue weighted by Crippen LogP contribution is -2.09. The molecule has 0 saturated carbocycles. The fourth-order valence-electron chi connectivity index (χ4n) is 1.28. The molecule has 2 rings (SSSR count). The molecule has 84 valence electrons. The second kappa shape index (κ2) is 4.50. The van der Waals surface area contributed by atoms with Crippen molar-refractivity contribution in [2.45, 2.75) is 6.42 Å². The zero-order chi connectivity index (χ0) is 11.5. The van der Waals surface area contributed by atoms with Gasteiger partial charge in [0.2, 0.25) is 5.78 Å². The van der Waals surface area contributed by atoms with Gasteiger partial charge in [-0.2, -0.15) is 0 Å². The Morgan fingerprint density at radius 3 is 3.06 bits per heavy atom. The van der Waals surface area contributed by atoms with Crippen LogP contribution in [0.4, 0.5) is 0 Å². The number of nitrogens with zero attached hydrogens (tertiary/aromatic N) is 4. The number of hydrogen-bond donors (Lipinski definition) is 1. The molecule has 7 heteroatoms. The molecule has 0 aliphatic rings. The van der Waals surface area contributed by atoms with E-state index in [1.165, 1.54) is 22.2 Å². The molecule has 0 aromatic carbocycles. The van der Waals surface area contributed by atoms with Crippen LogP contribution in [0.1, 0.15) is 21.2 Å². The topological polar surface area (TPSA) is 86.7 Å². The van der Waals surface area contributed by atoms with Gasteiger partial charge in [-0.25, -0.2) is 9.67 Å². The molecule has 6 nitrogen and oxygen atoms in total. The maximum Gasteiger partial charge on any atom is 0.231 e. The van der Waals surface area contributed by atoms with Crippen LogP contribution in [0, 0.1) is 0 Å². The molecule has 0 radical (unpaired) electrons. The lowest BCUT2D eigenvalue weighted by atomic mass is 10.2. The van der Waals surface area contributed by atoms with E-state index in [1.807, 2.05) is 0 Å². The van der Waals surface area contributed by atoms with Gasteiger partial charge >= 0.3 is 0 Å². The standard InChI is InChI=1S/C9H11N5OS/c1-14-7(4-11-13-14)9(15)6-5-16-8(12-6)2-3-10/h4-5H,2-3,10H2,1H3. The minimum atomic E-state index is -0.160. The molecule has 0 bridgehead atoms. The molecule has 0 unspecified atom stereocenters. The largest absolute Gasteiger partial charge is 0.330 e. The van der Waals surface area contributed by atoms with Gasteiger partial charge in [0.05, 0.1) is 11.2 Å². The highest BCUT2D eigenvalue weighted by molar-refractivity contribution is 7.09. The minimum absolute atomic E-state index is 0.160. The Bertz CT molecular complexity index is 503. The van der Waals surface area contributed by atoms with E-state index in [0.717, 1.165) is 5.01 Å². The number of aryl methyl sites for hydroxylation is 1. The monoisotopic (exact) mass is 237 g/mol. The number of carbonyl (C=O) groups is 1. The fourth-order valence-corrected chi connectivity index (χ4v) is 2.07. The Balaban J connectivity index is 2.24. The Kier molecular flexibility index (Phi) is 3.07. The first kappa shape index (κ1) is 10.9. The summed E-state index contributed by atoms with van der Waals surface area (Å²) in [6.45, 7) is 0.536. The van der Waals surface area contributed by atoms with E-state index in [-0.39, 0.29) is 5.78 Å². The average molecular weight is 237 g/mol. The van der Waals surface area contributed by atoms with Crippen molar-refractivity contribution in [2.24, 2.45) is 12.8 Å². The summed E-state index contributed by atoms with van der Waals surface area (Å²) in [5.41, 5.74) is 6.29. The van der Waals surface area contributed by atoms with Gasteiger partial charge in [-0.3, -0.25) is 4.79 Å². The van der Waals surface area contributed by atoms with Crippen LogP contribution in [0.5, 0.6) is 0 Å². The van der Waals surface area contributed by atoms with Crippen molar-refractivity contribution in [2.75, 3.05) is 6.54 Å². The number of carbonyl (C=O) groups excluding carboxylic acids is 1. The van der Waals surface area contributed by atoms with Crippen molar-refractivity contribution < 1.29 is 4.79 Å². The van der Waals surface area contributed by atoms with Gasteiger partial charge in [0, 0.05) is 18.8 Å². The van der Waals surface area contributed by atoms with Crippen molar-refractivity contribution in [3.63, 3.8) is 0 Å². The predicted octanol–water partition coefficient (Wildman–Crippen LogP) is 0.00380. The summed E-state index contributed by atoms with van der Waals surface area (Å²) in [7, 11) is 1.67. The molecule has 16 heavy (non-hydrogen) atoms. The quantitative estimate of drug-likeness (QED) is 0.756. The maximum atomic E-state index is 12.0. The summed E-state index contributed by atoms with van der Waals surface area (Å²) in [6, 6.07) is 0. The molecule has 2 N–H and O–H groups in total. The Labute approximate surface area is 96.1 Å². The van der Waals surface area contributed by atoms with Crippen LogP contribution in [-0.4, -0.2) is 32.3 Å². The molecule has 0 spiro atoms. The van der Waals surface area contributed by atoms with Gasteiger partial charge in [-0.1, -0.05) is 5.21 Å². The molecule has 0 saturated heterocycles. The van der Waals surface area contributed by atoms with Crippen LogP contribution in [0.3, 0.4) is 0 Å². The van der Waals surface area contributed by atoms with E-state index in [1.54, 1.807) is 12.4 Å². The number of rotatable bonds is 4. The Morgan fingerprint density at radius 2 is 2.44 bits per heavy atom. The number of nitrogens with two attached hydrogens (primary N) is 1. The molecular weight excluding hydrogens is 226 g/mol. The van der Waals surface area contributed by atoms with Crippen molar-refractivity contribution in [3.8, 4) is 0 Å². The van der Waals surface area contributed by atoms with Crippen LogP contribution >= 0.6 is 11.3 Å². The van der Waals surface area contributed by atoms with Gasteiger partial charge in [-0.15, -0.1) is 16.4 Å². The second-order valence-electron chi connectivity index (χ2n) is 3.24. The van der Waals surface area contributed by atoms with E-state index in [9.17, 15) is 4.79 Å². The van der Waals surface area contributed by atoms with Gasteiger partial charge in [0.25, 0.3) is 0 Å². The Hall–Kier alpha value is -1.60. The number of hydrogen-bond acceptors (Lipinski definition) is 6. The second-order valence-corrected chi connectivity index (χ2v) is 4.18. The summed E-state index contributed by atoms with van der Waals surface area (Å²) in [5, 5.41) is 9.98. The van der Waals surface area contributed by atoms with Crippen molar-refractivity contribution in [1.29, 1.82) is 0 Å². The first-order valence-electron chi connectivity index (χ1n) is 4.76. The van der Waals surface area contributed by atoms with Crippen LogP contribution in [0.25, 0.3) is 0 Å². The molecule has 0 aliphatic heterocycles. The van der Waals surface area contributed by atoms with Gasteiger partial charge < -0.3 is 5.73 Å².